The lowest BCUT2D eigenvalue weighted by Gasteiger charge is -2.60. The second-order valence-electron chi connectivity index (χ2n) is 7.38. The monoisotopic (exact) mass is 315 g/mol. The first-order valence-corrected chi connectivity index (χ1v) is 7.47. The van der Waals surface area contributed by atoms with Crippen LogP contribution in [0.1, 0.15) is 27.7 Å². The van der Waals surface area contributed by atoms with E-state index in [0.717, 1.165) is 0 Å². The van der Waals surface area contributed by atoms with Gasteiger partial charge in [0.05, 0.1) is 6.54 Å². The van der Waals surface area contributed by atoms with Crippen molar-refractivity contribution in [1.29, 1.82) is 0 Å². The molecule has 0 aromatic rings. The van der Waals surface area contributed by atoms with E-state index in [9.17, 15) is 15.0 Å². The van der Waals surface area contributed by atoms with Gasteiger partial charge in [-0.1, -0.05) is 0 Å². The number of amides is 1. The molecule has 8 heteroatoms. The van der Waals surface area contributed by atoms with E-state index in [-0.39, 0.29) is 12.6 Å². The Labute approximate surface area is 127 Å². The Morgan fingerprint density at radius 1 is 1.23 bits per heavy atom. The minimum atomic E-state index is -1.95. The molecule has 2 N–H and O–H groups in total. The Morgan fingerprint density at radius 3 is 2.55 bits per heavy atom. The molecule has 4 rings (SSSR count). The van der Waals surface area contributed by atoms with E-state index in [1.165, 1.54) is 18.7 Å². The average Bonchev–Trinajstić information content (AvgIpc) is 2.86. The molecular weight excluding hydrogens is 294 g/mol. The highest BCUT2D eigenvalue weighted by Crippen LogP contribution is 2.48. The quantitative estimate of drug-likeness (QED) is 0.595. The van der Waals surface area contributed by atoms with Crippen LogP contribution in [0, 0.1) is 0 Å². The Balaban J connectivity index is 1.59. The number of carbonyl (C=O) groups excluding carboxylic acids is 1. The molecule has 0 saturated carbocycles. The van der Waals surface area contributed by atoms with E-state index in [4.69, 9.17) is 18.9 Å². The maximum Gasteiger partial charge on any atom is 0.264 e. The predicted molar refractivity (Wildman–Crippen MR) is 70.3 cm³/mol. The van der Waals surface area contributed by atoms with Crippen molar-refractivity contribution in [2.24, 2.45) is 0 Å². The van der Waals surface area contributed by atoms with Gasteiger partial charge in [0, 0.05) is 0 Å². The fourth-order valence-electron chi connectivity index (χ4n) is 3.71. The predicted octanol–water partition coefficient (Wildman–Crippen LogP) is -1.07. The molecule has 4 aliphatic rings. The van der Waals surface area contributed by atoms with Crippen LogP contribution in [0.2, 0.25) is 0 Å². The van der Waals surface area contributed by atoms with E-state index in [1.807, 2.05) is 0 Å². The van der Waals surface area contributed by atoms with Crippen molar-refractivity contribution in [2.75, 3.05) is 6.54 Å². The van der Waals surface area contributed by atoms with E-state index in [0.29, 0.717) is 0 Å². The largest absolute Gasteiger partial charge is 0.387 e. The van der Waals surface area contributed by atoms with Gasteiger partial charge in [0.1, 0.15) is 23.9 Å². The van der Waals surface area contributed by atoms with Gasteiger partial charge in [-0.15, -0.1) is 0 Å². The Hall–Kier alpha value is -0.770. The summed E-state index contributed by atoms with van der Waals surface area (Å²) in [5.41, 5.74) is -3.56. The Bertz CT molecular complexity index is 530. The highest BCUT2D eigenvalue weighted by Gasteiger charge is 2.72. The Kier molecular flexibility index (Phi) is 2.69. The first kappa shape index (κ1) is 14.8. The van der Waals surface area contributed by atoms with Crippen molar-refractivity contribution in [3.8, 4) is 0 Å². The number of hydrogen-bond donors (Lipinski definition) is 2. The van der Waals surface area contributed by atoms with Crippen molar-refractivity contribution < 1.29 is 34.0 Å². The molecule has 0 aromatic carbocycles. The zero-order valence-electron chi connectivity index (χ0n) is 13.0. The lowest BCUT2D eigenvalue weighted by Crippen LogP contribution is -2.84. The van der Waals surface area contributed by atoms with E-state index in [2.05, 4.69) is 0 Å². The maximum atomic E-state index is 12.2. The number of hydrogen-bond acceptors (Lipinski definition) is 7. The van der Waals surface area contributed by atoms with Crippen LogP contribution >= 0.6 is 0 Å². The van der Waals surface area contributed by atoms with Crippen LogP contribution in [0.5, 0.6) is 0 Å². The van der Waals surface area contributed by atoms with Crippen LogP contribution in [-0.4, -0.2) is 75.4 Å². The summed E-state index contributed by atoms with van der Waals surface area (Å²) in [5, 5.41) is 20.7. The lowest BCUT2D eigenvalue weighted by molar-refractivity contribution is -0.329. The van der Waals surface area contributed by atoms with Gasteiger partial charge < -0.3 is 34.1 Å². The molecule has 8 nitrogen and oxygen atoms in total. The normalized spacial score (nSPS) is 49.5. The summed E-state index contributed by atoms with van der Waals surface area (Å²) < 4.78 is 23.1. The summed E-state index contributed by atoms with van der Waals surface area (Å²) in [4.78, 5) is 13.6. The molecular formula is C14H21NO7. The highest BCUT2D eigenvalue weighted by molar-refractivity contribution is 5.93. The van der Waals surface area contributed by atoms with Gasteiger partial charge in [-0.3, -0.25) is 4.79 Å². The molecule has 0 radical (unpaired) electrons. The van der Waals surface area contributed by atoms with E-state index in [1.54, 1.807) is 13.8 Å². The second-order valence-corrected chi connectivity index (χ2v) is 7.38. The molecule has 22 heavy (non-hydrogen) atoms. The molecule has 4 fully saturated rings. The van der Waals surface area contributed by atoms with Crippen LogP contribution in [0.15, 0.2) is 0 Å². The molecule has 0 spiro atoms. The van der Waals surface area contributed by atoms with Crippen LogP contribution < -0.4 is 0 Å². The molecule has 0 bridgehead atoms. The summed E-state index contributed by atoms with van der Waals surface area (Å²) in [6, 6.07) is 0. The van der Waals surface area contributed by atoms with Crippen LogP contribution in [0.4, 0.5) is 0 Å². The number of fused-ring (bicyclic) bond motifs is 4. The van der Waals surface area contributed by atoms with Gasteiger partial charge in [0.15, 0.2) is 18.3 Å². The molecule has 124 valence electrons. The summed E-state index contributed by atoms with van der Waals surface area (Å²) in [6.45, 7) is 6.65. The number of β-lactam (4-membered cyclic amide) rings is 1. The molecule has 0 aromatic heterocycles. The van der Waals surface area contributed by atoms with Crippen molar-refractivity contribution in [1.82, 2.24) is 4.90 Å². The van der Waals surface area contributed by atoms with Crippen molar-refractivity contribution >= 4 is 5.91 Å². The summed E-state index contributed by atoms with van der Waals surface area (Å²) >= 11 is 0. The van der Waals surface area contributed by atoms with Gasteiger partial charge in [0.2, 0.25) is 5.60 Å². The topological polar surface area (TPSA) is 97.7 Å². The van der Waals surface area contributed by atoms with Crippen molar-refractivity contribution in [3.63, 3.8) is 0 Å². The number of rotatable bonds is 1. The van der Waals surface area contributed by atoms with Gasteiger partial charge in [-0.05, 0) is 27.7 Å². The molecule has 4 aliphatic heterocycles. The third-order valence-electron chi connectivity index (χ3n) is 4.91. The van der Waals surface area contributed by atoms with E-state index >= 15 is 0 Å². The van der Waals surface area contributed by atoms with Gasteiger partial charge >= 0.3 is 0 Å². The van der Waals surface area contributed by atoms with Gasteiger partial charge in [0.25, 0.3) is 5.91 Å². The highest BCUT2D eigenvalue weighted by atomic mass is 16.8. The lowest BCUT2D eigenvalue weighted by atomic mass is 9.75. The Morgan fingerprint density at radius 2 is 1.91 bits per heavy atom. The molecule has 0 unspecified atom stereocenters. The average molecular weight is 315 g/mol. The van der Waals surface area contributed by atoms with Gasteiger partial charge in [-0.25, -0.2) is 0 Å². The first-order chi connectivity index (χ1) is 10.0. The smallest absolute Gasteiger partial charge is 0.264 e. The molecule has 0 aliphatic carbocycles. The summed E-state index contributed by atoms with van der Waals surface area (Å²) in [5.74, 6) is -1.31. The zero-order valence-corrected chi connectivity index (χ0v) is 13.0. The van der Waals surface area contributed by atoms with Crippen molar-refractivity contribution in [3.05, 3.63) is 0 Å². The van der Waals surface area contributed by atoms with Crippen molar-refractivity contribution in [2.45, 2.75) is 75.5 Å². The van der Waals surface area contributed by atoms with Crippen LogP contribution in [-0.2, 0) is 23.7 Å². The fourth-order valence-corrected chi connectivity index (χ4v) is 3.71. The van der Waals surface area contributed by atoms with Crippen LogP contribution in [0.3, 0.4) is 0 Å². The molecule has 4 saturated heterocycles. The second kappa shape index (κ2) is 4.00. The van der Waals surface area contributed by atoms with E-state index < -0.39 is 47.6 Å². The third-order valence-corrected chi connectivity index (χ3v) is 4.91. The molecule has 6 atom stereocenters. The standard InChI is InChI=1S/C14H21NO7/c1-12(2,17)14(18)10(16)15-5-6-7(20-11(14)15)8-9(19-6)22-13(3,4)21-8/h6-9,11,17-18H,5H2,1-4H3/t6-,7+,8-,9-,11+,14-/m1/s1. The minimum absolute atomic E-state index is 0.284. The number of aliphatic hydroxyl groups is 2. The summed E-state index contributed by atoms with van der Waals surface area (Å²) in [6.07, 6.45) is -2.68. The minimum Gasteiger partial charge on any atom is -0.387 e. The fraction of sp³-hybridized carbons (Fsp3) is 0.929. The number of carbonyl (C=O) groups is 1. The summed E-state index contributed by atoms with van der Waals surface area (Å²) in [7, 11) is 0. The molecule has 4 heterocycles. The number of nitrogens with zero attached hydrogens (tertiary/aromatic N) is 1. The maximum absolute atomic E-state index is 12.2. The SMILES string of the molecule is CC1(C)O[C@H]2O[C@@H]3CN4C(=O)[C@](O)(C(C)(C)O)[C@@H]4O[C@@H]3[C@H]2O1. The first-order valence-electron chi connectivity index (χ1n) is 7.47. The third kappa shape index (κ3) is 1.65. The van der Waals surface area contributed by atoms with Gasteiger partial charge in [-0.2, -0.15) is 0 Å². The number of ether oxygens (including phenoxy) is 4. The molecule has 1 amide bonds. The zero-order chi connectivity index (χ0) is 16.1. The van der Waals surface area contributed by atoms with Crippen LogP contribution in [0.25, 0.3) is 0 Å².